The molecular weight excluding hydrogens is 413 g/mol. The zero-order valence-corrected chi connectivity index (χ0v) is 18.9. The lowest BCUT2D eigenvalue weighted by Gasteiger charge is -2.24. The van der Waals surface area contributed by atoms with Crippen molar-refractivity contribution in [2.45, 2.75) is 19.0 Å². The Bertz CT molecular complexity index is 756. The van der Waals surface area contributed by atoms with Crippen LogP contribution >= 0.6 is 24.8 Å². The van der Waals surface area contributed by atoms with Gasteiger partial charge in [0.15, 0.2) is 11.5 Å². The highest BCUT2D eigenvalue weighted by atomic mass is 35.5. The van der Waals surface area contributed by atoms with E-state index in [1.807, 2.05) is 67.5 Å². The van der Waals surface area contributed by atoms with E-state index in [-0.39, 0.29) is 30.7 Å². The Morgan fingerprint density at radius 1 is 1.10 bits per heavy atom. The van der Waals surface area contributed by atoms with Crippen molar-refractivity contribution in [1.82, 2.24) is 10.2 Å². The maximum atomic E-state index is 12.6. The molecule has 0 saturated carbocycles. The fourth-order valence-corrected chi connectivity index (χ4v) is 2.56. The van der Waals surface area contributed by atoms with Crippen LogP contribution in [-0.2, 0) is 16.9 Å². The molecule has 0 aliphatic carbocycles. The zero-order valence-electron chi connectivity index (χ0n) is 17.3. The number of methoxy groups -OCH3 is 1. The molecule has 0 radical (unpaired) electrons. The average molecular weight is 444 g/mol. The minimum Gasteiger partial charge on any atom is -0.493 e. The molecule has 0 bridgehead atoms. The van der Waals surface area contributed by atoms with Crippen LogP contribution in [0.5, 0.6) is 11.5 Å². The molecule has 1 atom stereocenters. The van der Waals surface area contributed by atoms with Gasteiger partial charge in [0, 0.05) is 13.1 Å². The second-order valence-electron chi connectivity index (χ2n) is 6.89. The minimum atomic E-state index is -1.10. The number of benzene rings is 2. The summed E-state index contributed by atoms with van der Waals surface area (Å²) in [6.45, 7) is 3.45. The maximum absolute atomic E-state index is 12.6. The molecule has 0 spiro atoms. The molecule has 2 aromatic carbocycles. The Kier molecular flexibility index (Phi) is 11.7. The van der Waals surface area contributed by atoms with Crippen molar-refractivity contribution in [3.05, 3.63) is 59.7 Å². The number of nitrogens with two attached hydrogens (primary N) is 1. The van der Waals surface area contributed by atoms with E-state index in [9.17, 15) is 4.79 Å². The quantitative estimate of drug-likeness (QED) is 0.622. The van der Waals surface area contributed by atoms with E-state index in [2.05, 4.69) is 5.32 Å². The Morgan fingerprint density at radius 3 is 2.34 bits per heavy atom. The lowest BCUT2D eigenvalue weighted by atomic mass is 9.92. The van der Waals surface area contributed by atoms with Crippen LogP contribution in [0.3, 0.4) is 0 Å². The van der Waals surface area contributed by atoms with Crippen molar-refractivity contribution in [2.24, 2.45) is 5.73 Å². The lowest BCUT2D eigenvalue weighted by Crippen LogP contribution is -2.48. The molecule has 6 nitrogen and oxygen atoms in total. The molecule has 8 heteroatoms. The van der Waals surface area contributed by atoms with Crippen LogP contribution in [0.15, 0.2) is 48.5 Å². The first-order valence-electron chi connectivity index (χ1n) is 8.91. The molecule has 2 rings (SSSR count). The molecule has 162 valence electrons. The summed E-state index contributed by atoms with van der Waals surface area (Å²) in [4.78, 5) is 14.6. The van der Waals surface area contributed by atoms with E-state index in [0.29, 0.717) is 24.7 Å². The molecule has 0 fully saturated rings. The molecule has 0 heterocycles. The van der Waals surface area contributed by atoms with E-state index in [1.165, 1.54) is 0 Å². The summed E-state index contributed by atoms with van der Waals surface area (Å²) in [7, 11) is 5.59. The van der Waals surface area contributed by atoms with Gasteiger partial charge in [-0.25, -0.2) is 0 Å². The summed E-state index contributed by atoms with van der Waals surface area (Å²) in [5, 5.41) is 2.90. The summed E-state index contributed by atoms with van der Waals surface area (Å²) in [6.07, 6.45) is 0. The van der Waals surface area contributed by atoms with Crippen molar-refractivity contribution in [1.29, 1.82) is 0 Å². The van der Waals surface area contributed by atoms with Crippen molar-refractivity contribution < 1.29 is 14.3 Å². The van der Waals surface area contributed by atoms with Gasteiger partial charge in [-0.3, -0.25) is 4.79 Å². The monoisotopic (exact) mass is 443 g/mol. The molecule has 1 amide bonds. The van der Waals surface area contributed by atoms with Gasteiger partial charge < -0.3 is 25.4 Å². The topological polar surface area (TPSA) is 76.8 Å². The van der Waals surface area contributed by atoms with Gasteiger partial charge in [-0.15, -0.1) is 24.8 Å². The van der Waals surface area contributed by atoms with Crippen LogP contribution in [0, 0.1) is 0 Å². The first kappa shape index (κ1) is 27.0. The molecule has 1 unspecified atom stereocenters. The molecule has 0 saturated heterocycles. The number of nitrogens with one attached hydrogen (secondary N) is 1. The summed E-state index contributed by atoms with van der Waals surface area (Å²) < 4.78 is 11.2. The fourth-order valence-electron chi connectivity index (χ4n) is 2.56. The van der Waals surface area contributed by atoms with E-state index >= 15 is 0 Å². The third kappa shape index (κ3) is 7.74. The number of ether oxygens (including phenoxy) is 2. The zero-order chi connectivity index (χ0) is 19.9. The number of rotatable bonds is 9. The van der Waals surface area contributed by atoms with Crippen LogP contribution in [0.2, 0.25) is 0 Å². The molecular formula is C21H31Cl2N3O3. The number of carbonyl (C=O) groups is 1. The number of nitrogens with zero attached hydrogens (tertiary/aromatic N) is 1. The highest BCUT2D eigenvalue weighted by Crippen LogP contribution is 2.28. The third-order valence-corrected chi connectivity index (χ3v) is 4.32. The van der Waals surface area contributed by atoms with Gasteiger partial charge in [0.1, 0.15) is 12.1 Å². The SMILES string of the molecule is COc1cc(CNC(=O)C(C)(N)c2ccccc2)ccc1OCCN(C)C.Cl.Cl. The largest absolute Gasteiger partial charge is 0.493 e. The molecule has 29 heavy (non-hydrogen) atoms. The van der Waals surface area contributed by atoms with Gasteiger partial charge >= 0.3 is 0 Å². The summed E-state index contributed by atoms with van der Waals surface area (Å²) in [5.74, 6) is 1.08. The molecule has 0 aliphatic heterocycles. The first-order chi connectivity index (χ1) is 12.8. The number of carbonyl (C=O) groups excluding carboxylic acids is 1. The Labute approximate surface area is 185 Å². The molecule has 0 aliphatic rings. The van der Waals surface area contributed by atoms with Gasteiger partial charge in [-0.05, 0) is 44.3 Å². The van der Waals surface area contributed by atoms with Crippen LogP contribution in [0.1, 0.15) is 18.1 Å². The standard InChI is InChI=1S/C21H29N3O3.2ClH/c1-21(22,17-8-6-5-7-9-17)20(25)23-15-16-10-11-18(19(14-16)26-4)27-13-12-24(2)3;;/h5-11,14H,12-13,15,22H2,1-4H3,(H,23,25);2*1H. The van der Waals surface area contributed by atoms with Crippen molar-refractivity contribution >= 4 is 30.7 Å². The predicted octanol–water partition coefficient (Wildman–Crippen LogP) is 2.97. The normalized spacial score (nSPS) is 12.2. The van der Waals surface area contributed by atoms with Crippen molar-refractivity contribution in [3.63, 3.8) is 0 Å². The average Bonchev–Trinajstić information content (AvgIpc) is 2.67. The van der Waals surface area contributed by atoms with Crippen LogP contribution in [0.25, 0.3) is 0 Å². The van der Waals surface area contributed by atoms with Gasteiger partial charge in [0.25, 0.3) is 0 Å². The Morgan fingerprint density at radius 2 is 1.76 bits per heavy atom. The maximum Gasteiger partial charge on any atom is 0.244 e. The van der Waals surface area contributed by atoms with E-state index in [4.69, 9.17) is 15.2 Å². The van der Waals surface area contributed by atoms with E-state index in [0.717, 1.165) is 17.7 Å². The van der Waals surface area contributed by atoms with Gasteiger partial charge in [-0.1, -0.05) is 36.4 Å². The molecule has 2 aromatic rings. The van der Waals surface area contributed by atoms with Crippen LogP contribution < -0.4 is 20.5 Å². The second-order valence-corrected chi connectivity index (χ2v) is 6.89. The summed E-state index contributed by atoms with van der Waals surface area (Å²) in [5.41, 5.74) is 6.82. The number of amides is 1. The highest BCUT2D eigenvalue weighted by molar-refractivity contribution is 5.87. The van der Waals surface area contributed by atoms with E-state index in [1.54, 1.807) is 14.0 Å². The number of halogens is 2. The molecule has 0 aromatic heterocycles. The van der Waals surface area contributed by atoms with Crippen molar-refractivity contribution in [3.8, 4) is 11.5 Å². The van der Waals surface area contributed by atoms with Crippen LogP contribution in [0.4, 0.5) is 0 Å². The van der Waals surface area contributed by atoms with Gasteiger partial charge in [0.05, 0.1) is 7.11 Å². The Balaban J connectivity index is 0.00000392. The third-order valence-electron chi connectivity index (χ3n) is 4.32. The minimum absolute atomic E-state index is 0. The highest BCUT2D eigenvalue weighted by Gasteiger charge is 2.30. The number of likely N-dealkylation sites (N-methyl/N-ethyl adjacent to an activating group) is 1. The van der Waals surface area contributed by atoms with E-state index < -0.39 is 5.54 Å². The first-order valence-corrected chi connectivity index (χ1v) is 8.91. The Hall–Kier alpha value is -1.99. The summed E-state index contributed by atoms with van der Waals surface area (Å²) >= 11 is 0. The number of hydrogen-bond acceptors (Lipinski definition) is 5. The van der Waals surface area contributed by atoms with Gasteiger partial charge in [0.2, 0.25) is 5.91 Å². The predicted molar refractivity (Wildman–Crippen MR) is 121 cm³/mol. The second kappa shape index (κ2) is 12.5. The summed E-state index contributed by atoms with van der Waals surface area (Å²) in [6, 6.07) is 15.0. The van der Waals surface area contributed by atoms with Gasteiger partial charge in [-0.2, -0.15) is 0 Å². The fraction of sp³-hybridized carbons (Fsp3) is 0.381. The van der Waals surface area contributed by atoms with Crippen LogP contribution in [-0.4, -0.2) is 45.2 Å². The lowest BCUT2D eigenvalue weighted by molar-refractivity contribution is -0.126. The smallest absolute Gasteiger partial charge is 0.244 e. The van der Waals surface area contributed by atoms with Crippen molar-refractivity contribution in [2.75, 3.05) is 34.4 Å². The molecule has 3 N–H and O–H groups in total. The number of hydrogen-bond donors (Lipinski definition) is 2.